The number of para-hydroxylation sites is 1. The summed E-state index contributed by atoms with van der Waals surface area (Å²) in [6.45, 7) is 1.64. The monoisotopic (exact) mass is 397 g/mol. The third-order valence-electron chi connectivity index (χ3n) is 3.83. The Balaban J connectivity index is 1.84. The van der Waals surface area contributed by atoms with Gasteiger partial charge >= 0.3 is 6.18 Å². The Bertz CT molecular complexity index is 1110. The topological polar surface area (TPSA) is 90.7 Å². The number of nitrogens with one attached hydrogen (secondary N) is 2. The fourth-order valence-corrected chi connectivity index (χ4v) is 2.52. The molecule has 2 N–H and O–H groups in total. The molecule has 9 heteroatoms. The van der Waals surface area contributed by atoms with Gasteiger partial charge in [0.1, 0.15) is 11.8 Å². The molecule has 0 atom stereocenters. The van der Waals surface area contributed by atoms with Gasteiger partial charge in [0.2, 0.25) is 5.95 Å². The van der Waals surface area contributed by atoms with Crippen LogP contribution in [0.15, 0.2) is 54.6 Å². The van der Waals surface area contributed by atoms with Crippen molar-refractivity contribution in [1.82, 2.24) is 9.97 Å². The van der Waals surface area contributed by atoms with Crippen molar-refractivity contribution in [2.45, 2.75) is 13.1 Å². The summed E-state index contributed by atoms with van der Waals surface area (Å²) in [6.07, 6.45) is -4.52. The van der Waals surface area contributed by atoms with Gasteiger partial charge in [-0.3, -0.25) is 4.79 Å². The van der Waals surface area contributed by atoms with Crippen molar-refractivity contribution in [3.63, 3.8) is 0 Å². The first-order valence-electron chi connectivity index (χ1n) is 8.37. The summed E-state index contributed by atoms with van der Waals surface area (Å²) in [4.78, 5) is 20.8. The molecule has 0 saturated carbocycles. The molecular formula is C20H14F3N5O. The Hall–Kier alpha value is -3.93. The molecule has 3 rings (SSSR count). The largest absolute Gasteiger partial charge is 0.416 e. The molecular weight excluding hydrogens is 383 g/mol. The van der Waals surface area contributed by atoms with Gasteiger partial charge < -0.3 is 10.6 Å². The minimum Gasteiger partial charge on any atom is -0.323 e. The van der Waals surface area contributed by atoms with E-state index >= 15 is 0 Å². The van der Waals surface area contributed by atoms with Crippen molar-refractivity contribution in [2.24, 2.45) is 0 Å². The summed E-state index contributed by atoms with van der Waals surface area (Å²) in [5.41, 5.74) is 0.380. The van der Waals surface area contributed by atoms with Crippen LogP contribution in [0.3, 0.4) is 0 Å². The van der Waals surface area contributed by atoms with Crippen LogP contribution in [-0.2, 0) is 6.18 Å². The van der Waals surface area contributed by atoms with Gasteiger partial charge in [0, 0.05) is 11.4 Å². The van der Waals surface area contributed by atoms with Crippen molar-refractivity contribution in [3.05, 3.63) is 77.1 Å². The maximum absolute atomic E-state index is 12.8. The highest BCUT2D eigenvalue weighted by Crippen LogP contribution is 2.30. The second-order valence-corrected chi connectivity index (χ2v) is 6.03. The Labute approximate surface area is 164 Å². The van der Waals surface area contributed by atoms with Crippen LogP contribution in [0.25, 0.3) is 0 Å². The van der Waals surface area contributed by atoms with Crippen molar-refractivity contribution in [2.75, 3.05) is 10.6 Å². The van der Waals surface area contributed by atoms with Crippen LogP contribution in [0.1, 0.15) is 27.3 Å². The number of aryl methyl sites for hydroxylation is 1. The third kappa shape index (κ3) is 4.87. The molecule has 146 valence electrons. The van der Waals surface area contributed by atoms with E-state index in [1.807, 2.05) is 6.07 Å². The zero-order chi connectivity index (χ0) is 21.0. The Kier molecular flexibility index (Phi) is 5.45. The number of nitrogens with zero attached hydrogens (tertiary/aromatic N) is 3. The highest BCUT2D eigenvalue weighted by molar-refractivity contribution is 6.03. The third-order valence-corrected chi connectivity index (χ3v) is 3.83. The lowest BCUT2D eigenvalue weighted by atomic mass is 10.2. The number of rotatable bonds is 4. The number of halogens is 3. The van der Waals surface area contributed by atoms with Crippen molar-refractivity contribution >= 4 is 23.2 Å². The van der Waals surface area contributed by atoms with E-state index in [2.05, 4.69) is 20.6 Å². The molecule has 1 aromatic heterocycles. The predicted molar refractivity (Wildman–Crippen MR) is 101 cm³/mol. The number of alkyl halides is 3. The zero-order valence-corrected chi connectivity index (χ0v) is 15.1. The van der Waals surface area contributed by atoms with Gasteiger partial charge in [0.25, 0.3) is 5.91 Å². The number of carbonyl (C=O) groups is 1. The van der Waals surface area contributed by atoms with Gasteiger partial charge in [-0.05, 0) is 43.3 Å². The van der Waals surface area contributed by atoms with Crippen LogP contribution in [-0.4, -0.2) is 15.9 Å². The number of nitriles is 1. The molecule has 0 aliphatic carbocycles. The lowest BCUT2D eigenvalue weighted by molar-refractivity contribution is -0.137. The molecule has 0 bridgehead atoms. The van der Waals surface area contributed by atoms with E-state index in [1.165, 1.54) is 18.2 Å². The number of amides is 1. The Morgan fingerprint density at radius 1 is 1.07 bits per heavy atom. The molecule has 0 unspecified atom stereocenters. The molecule has 29 heavy (non-hydrogen) atoms. The summed E-state index contributed by atoms with van der Waals surface area (Å²) in [7, 11) is 0. The maximum Gasteiger partial charge on any atom is 0.416 e. The number of carbonyl (C=O) groups excluding carboxylic acids is 1. The summed E-state index contributed by atoms with van der Waals surface area (Å²) in [6, 6.07) is 14.4. The second kappa shape index (κ2) is 7.98. The molecule has 2 aromatic carbocycles. The van der Waals surface area contributed by atoms with E-state index in [1.54, 1.807) is 31.2 Å². The molecule has 0 spiro atoms. The number of aromatic nitrogens is 2. The fourth-order valence-electron chi connectivity index (χ4n) is 2.52. The number of hydrogen-bond acceptors (Lipinski definition) is 5. The van der Waals surface area contributed by atoms with Crippen molar-refractivity contribution in [3.8, 4) is 6.07 Å². The zero-order valence-electron chi connectivity index (χ0n) is 15.1. The smallest absolute Gasteiger partial charge is 0.323 e. The normalized spacial score (nSPS) is 10.9. The van der Waals surface area contributed by atoms with Crippen LogP contribution in [0.2, 0.25) is 0 Å². The van der Waals surface area contributed by atoms with Crippen LogP contribution in [0, 0.1) is 18.3 Å². The lowest BCUT2D eigenvalue weighted by Crippen LogP contribution is -2.16. The van der Waals surface area contributed by atoms with E-state index < -0.39 is 17.6 Å². The lowest BCUT2D eigenvalue weighted by Gasteiger charge is -2.11. The molecule has 3 aromatic rings. The first kappa shape index (κ1) is 19.8. The van der Waals surface area contributed by atoms with Gasteiger partial charge in [-0.15, -0.1) is 0 Å². The standard InChI is InChI=1S/C20H14F3N5O/c1-12-9-17(18(29)26-15-7-4-6-14(10-15)20(21,22)23)28-19(25-12)27-16-8-3-2-5-13(16)11-24/h2-10H,1H3,(H,26,29)(H,25,27,28). The first-order valence-corrected chi connectivity index (χ1v) is 8.37. The Morgan fingerprint density at radius 3 is 2.55 bits per heavy atom. The summed E-state index contributed by atoms with van der Waals surface area (Å²) >= 11 is 0. The highest BCUT2D eigenvalue weighted by atomic mass is 19.4. The minimum absolute atomic E-state index is 0.00887. The molecule has 0 aliphatic heterocycles. The maximum atomic E-state index is 12.8. The SMILES string of the molecule is Cc1cc(C(=O)Nc2cccc(C(F)(F)F)c2)nc(Nc2ccccc2C#N)n1. The molecule has 0 radical (unpaired) electrons. The minimum atomic E-state index is -4.52. The first-order chi connectivity index (χ1) is 13.8. The quantitative estimate of drug-likeness (QED) is 0.668. The van der Waals surface area contributed by atoms with Gasteiger partial charge in [-0.1, -0.05) is 18.2 Å². The van der Waals surface area contributed by atoms with Crippen LogP contribution in [0.4, 0.5) is 30.5 Å². The van der Waals surface area contributed by atoms with Crippen molar-refractivity contribution in [1.29, 1.82) is 5.26 Å². The average Bonchev–Trinajstić information content (AvgIpc) is 2.67. The number of hydrogen-bond donors (Lipinski definition) is 2. The van der Waals surface area contributed by atoms with E-state index in [-0.39, 0.29) is 17.3 Å². The van der Waals surface area contributed by atoms with Crippen molar-refractivity contribution < 1.29 is 18.0 Å². The van der Waals surface area contributed by atoms with Gasteiger partial charge in [-0.2, -0.15) is 18.4 Å². The fraction of sp³-hybridized carbons (Fsp3) is 0.100. The molecule has 1 amide bonds. The summed E-state index contributed by atoms with van der Waals surface area (Å²) < 4.78 is 38.5. The summed E-state index contributed by atoms with van der Waals surface area (Å²) in [5, 5.41) is 14.4. The average molecular weight is 397 g/mol. The molecule has 6 nitrogen and oxygen atoms in total. The van der Waals surface area contributed by atoms with Gasteiger partial charge in [0.15, 0.2) is 0 Å². The van der Waals surface area contributed by atoms with E-state index in [9.17, 15) is 18.0 Å². The molecule has 1 heterocycles. The second-order valence-electron chi connectivity index (χ2n) is 6.03. The van der Waals surface area contributed by atoms with E-state index in [4.69, 9.17) is 5.26 Å². The predicted octanol–water partition coefficient (Wildman–Crippen LogP) is 4.67. The van der Waals surface area contributed by atoms with Crippen LogP contribution in [0.5, 0.6) is 0 Å². The molecule has 0 saturated heterocycles. The van der Waals surface area contributed by atoms with Crippen LogP contribution < -0.4 is 10.6 Å². The Morgan fingerprint density at radius 2 is 1.83 bits per heavy atom. The van der Waals surface area contributed by atoms with Gasteiger partial charge in [0.05, 0.1) is 16.8 Å². The molecule has 0 aliphatic rings. The number of anilines is 3. The molecule has 0 fully saturated rings. The van der Waals surface area contributed by atoms with Gasteiger partial charge in [-0.25, -0.2) is 9.97 Å². The number of benzene rings is 2. The van der Waals surface area contributed by atoms with Crippen LogP contribution >= 0.6 is 0 Å². The summed E-state index contributed by atoms with van der Waals surface area (Å²) in [5.74, 6) is -0.603. The van der Waals surface area contributed by atoms with E-state index in [0.29, 0.717) is 16.9 Å². The van der Waals surface area contributed by atoms with E-state index in [0.717, 1.165) is 12.1 Å². The highest BCUT2D eigenvalue weighted by Gasteiger charge is 2.30.